The van der Waals surface area contributed by atoms with E-state index in [2.05, 4.69) is 40.5 Å². The Bertz CT molecular complexity index is 792. The maximum absolute atomic E-state index is 12.7. The fourth-order valence-electron chi connectivity index (χ4n) is 4.00. The average Bonchev–Trinajstić information content (AvgIpc) is 2.70. The predicted octanol–water partition coefficient (Wildman–Crippen LogP) is 4.76. The second-order valence-electron chi connectivity index (χ2n) is 8.21. The van der Waals surface area contributed by atoms with E-state index in [1.54, 1.807) is 0 Å². The highest BCUT2D eigenvalue weighted by Crippen LogP contribution is 2.19. The standard InChI is InChI=1S/C25H34N2O2/c1-4-24(29-23-14-19(2)13-20(3)15-23)25(28)26-17-21-9-8-10-22(16-21)18-27-11-6-5-7-12-27/h8-10,13-16,24H,4-7,11-12,17-18H2,1-3H3,(H,26,28)/t24-/m1/s1. The van der Waals surface area contributed by atoms with Crippen molar-refractivity contribution in [1.29, 1.82) is 0 Å². The monoisotopic (exact) mass is 394 g/mol. The highest BCUT2D eigenvalue weighted by molar-refractivity contribution is 5.81. The molecule has 1 amide bonds. The number of hydrogen-bond acceptors (Lipinski definition) is 3. The van der Waals surface area contributed by atoms with Gasteiger partial charge in [-0.25, -0.2) is 0 Å². The van der Waals surface area contributed by atoms with Gasteiger partial charge in [0, 0.05) is 13.1 Å². The smallest absolute Gasteiger partial charge is 0.261 e. The lowest BCUT2D eigenvalue weighted by Gasteiger charge is -2.26. The van der Waals surface area contributed by atoms with Gasteiger partial charge in [0.1, 0.15) is 5.75 Å². The molecule has 4 heteroatoms. The Morgan fingerprint density at radius 3 is 2.41 bits per heavy atom. The van der Waals surface area contributed by atoms with Crippen molar-refractivity contribution in [3.05, 3.63) is 64.7 Å². The number of benzene rings is 2. The van der Waals surface area contributed by atoms with Crippen molar-refractivity contribution in [2.24, 2.45) is 0 Å². The van der Waals surface area contributed by atoms with E-state index in [9.17, 15) is 4.79 Å². The average molecular weight is 395 g/mol. The molecule has 0 bridgehead atoms. The van der Waals surface area contributed by atoms with Crippen molar-refractivity contribution in [3.63, 3.8) is 0 Å². The fraction of sp³-hybridized carbons (Fsp3) is 0.480. The highest BCUT2D eigenvalue weighted by atomic mass is 16.5. The summed E-state index contributed by atoms with van der Waals surface area (Å²) in [5.74, 6) is 0.695. The Balaban J connectivity index is 1.55. The minimum atomic E-state index is -0.479. The lowest BCUT2D eigenvalue weighted by molar-refractivity contribution is -0.128. The van der Waals surface area contributed by atoms with Crippen LogP contribution in [0, 0.1) is 13.8 Å². The molecule has 1 aliphatic heterocycles. The van der Waals surface area contributed by atoms with Gasteiger partial charge >= 0.3 is 0 Å². The molecule has 2 aromatic carbocycles. The van der Waals surface area contributed by atoms with Crippen LogP contribution in [-0.4, -0.2) is 30.0 Å². The maximum Gasteiger partial charge on any atom is 0.261 e. The number of rotatable bonds is 8. The van der Waals surface area contributed by atoms with Gasteiger partial charge in [-0.3, -0.25) is 9.69 Å². The second kappa shape index (κ2) is 10.4. The molecule has 29 heavy (non-hydrogen) atoms. The third kappa shape index (κ3) is 6.60. The van der Waals surface area contributed by atoms with Crippen molar-refractivity contribution in [2.45, 2.75) is 65.6 Å². The van der Waals surface area contributed by atoms with Crippen LogP contribution < -0.4 is 10.1 Å². The minimum Gasteiger partial charge on any atom is -0.481 e. The Hall–Kier alpha value is -2.33. The van der Waals surface area contributed by atoms with Crippen molar-refractivity contribution < 1.29 is 9.53 Å². The summed E-state index contributed by atoms with van der Waals surface area (Å²) < 4.78 is 5.98. The highest BCUT2D eigenvalue weighted by Gasteiger charge is 2.18. The van der Waals surface area contributed by atoms with E-state index < -0.39 is 6.10 Å². The first-order valence-electron chi connectivity index (χ1n) is 10.9. The molecule has 1 N–H and O–H groups in total. The van der Waals surface area contributed by atoms with Crippen LogP contribution in [-0.2, 0) is 17.9 Å². The maximum atomic E-state index is 12.7. The molecule has 0 saturated carbocycles. The number of carbonyl (C=O) groups is 1. The first-order valence-corrected chi connectivity index (χ1v) is 10.9. The Morgan fingerprint density at radius 2 is 1.72 bits per heavy atom. The van der Waals surface area contributed by atoms with Gasteiger partial charge < -0.3 is 10.1 Å². The molecule has 1 atom stereocenters. The van der Waals surface area contributed by atoms with E-state index in [1.165, 1.54) is 37.9 Å². The summed E-state index contributed by atoms with van der Waals surface area (Å²) >= 11 is 0. The SMILES string of the molecule is CC[C@@H](Oc1cc(C)cc(C)c1)C(=O)NCc1cccc(CN2CCCCC2)c1. The molecule has 0 radical (unpaired) electrons. The minimum absolute atomic E-state index is 0.0620. The zero-order chi connectivity index (χ0) is 20.6. The van der Waals surface area contributed by atoms with E-state index in [-0.39, 0.29) is 5.91 Å². The summed E-state index contributed by atoms with van der Waals surface area (Å²) in [6.07, 6.45) is 4.11. The van der Waals surface area contributed by atoms with Crippen LogP contribution in [0.3, 0.4) is 0 Å². The molecule has 1 aliphatic rings. The van der Waals surface area contributed by atoms with Gasteiger partial charge in [0.2, 0.25) is 0 Å². The molecule has 2 aromatic rings. The normalized spacial score (nSPS) is 15.7. The van der Waals surface area contributed by atoms with Crippen molar-refractivity contribution >= 4 is 5.91 Å². The van der Waals surface area contributed by atoms with Gasteiger partial charge in [0.05, 0.1) is 0 Å². The number of likely N-dealkylation sites (tertiary alicyclic amines) is 1. The second-order valence-corrected chi connectivity index (χ2v) is 8.21. The van der Waals surface area contributed by atoms with Crippen LogP contribution >= 0.6 is 0 Å². The number of aryl methyl sites for hydroxylation is 2. The topological polar surface area (TPSA) is 41.6 Å². The van der Waals surface area contributed by atoms with Gasteiger partial charge in [-0.05, 0) is 80.6 Å². The van der Waals surface area contributed by atoms with Gasteiger partial charge in [0.25, 0.3) is 5.91 Å². The summed E-state index contributed by atoms with van der Waals surface area (Å²) in [5, 5.41) is 3.05. The molecule has 3 rings (SSSR count). The van der Waals surface area contributed by atoms with E-state index in [1.807, 2.05) is 32.9 Å². The first-order chi connectivity index (χ1) is 14.0. The lowest BCUT2D eigenvalue weighted by Crippen LogP contribution is -2.37. The zero-order valence-electron chi connectivity index (χ0n) is 18.0. The Morgan fingerprint density at radius 1 is 1.03 bits per heavy atom. The quantitative estimate of drug-likeness (QED) is 0.702. The van der Waals surface area contributed by atoms with Crippen molar-refractivity contribution in [2.75, 3.05) is 13.1 Å². The van der Waals surface area contributed by atoms with Crippen molar-refractivity contribution in [3.8, 4) is 5.75 Å². The van der Waals surface area contributed by atoms with Gasteiger partial charge in [-0.1, -0.05) is 43.7 Å². The van der Waals surface area contributed by atoms with E-state index >= 15 is 0 Å². The molecule has 0 unspecified atom stereocenters. The van der Waals surface area contributed by atoms with Crippen LogP contribution in [0.4, 0.5) is 0 Å². The van der Waals surface area contributed by atoms with Gasteiger partial charge in [0.15, 0.2) is 6.10 Å². The van der Waals surface area contributed by atoms with Crippen molar-refractivity contribution in [1.82, 2.24) is 10.2 Å². The lowest BCUT2D eigenvalue weighted by atomic mass is 10.1. The van der Waals surface area contributed by atoms with Gasteiger partial charge in [-0.2, -0.15) is 0 Å². The molecule has 0 spiro atoms. The van der Waals surface area contributed by atoms with Crippen LogP contribution in [0.25, 0.3) is 0 Å². The van der Waals surface area contributed by atoms with E-state index in [0.29, 0.717) is 13.0 Å². The number of carbonyl (C=O) groups excluding carboxylic acids is 1. The summed E-state index contributed by atoms with van der Waals surface area (Å²) in [4.78, 5) is 15.2. The third-order valence-corrected chi connectivity index (χ3v) is 5.45. The van der Waals surface area contributed by atoms with Crippen LogP contribution in [0.5, 0.6) is 5.75 Å². The van der Waals surface area contributed by atoms with Gasteiger partial charge in [-0.15, -0.1) is 0 Å². The molecular formula is C25H34N2O2. The number of piperidine rings is 1. The molecule has 4 nitrogen and oxygen atoms in total. The summed E-state index contributed by atoms with van der Waals surface area (Å²) in [5.41, 5.74) is 4.73. The fourth-order valence-corrected chi connectivity index (χ4v) is 4.00. The van der Waals surface area contributed by atoms with E-state index in [0.717, 1.165) is 29.0 Å². The molecule has 1 fully saturated rings. The number of ether oxygens (including phenoxy) is 1. The Labute approximate surface area is 175 Å². The van der Waals surface area contributed by atoms with Crippen LogP contribution in [0.1, 0.15) is 54.9 Å². The number of nitrogens with zero attached hydrogens (tertiary/aromatic N) is 1. The van der Waals surface area contributed by atoms with Crippen LogP contribution in [0.15, 0.2) is 42.5 Å². The molecule has 1 heterocycles. The number of nitrogens with one attached hydrogen (secondary N) is 1. The molecule has 156 valence electrons. The summed E-state index contributed by atoms with van der Waals surface area (Å²) in [6, 6.07) is 14.6. The number of amides is 1. The first kappa shape index (κ1) is 21.4. The van der Waals surface area contributed by atoms with E-state index in [4.69, 9.17) is 4.74 Å². The number of hydrogen-bond donors (Lipinski definition) is 1. The summed E-state index contributed by atoms with van der Waals surface area (Å²) in [6.45, 7) is 9.96. The Kier molecular flexibility index (Phi) is 7.70. The largest absolute Gasteiger partial charge is 0.481 e. The summed E-state index contributed by atoms with van der Waals surface area (Å²) in [7, 11) is 0. The molecular weight excluding hydrogens is 360 g/mol. The molecule has 0 aromatic heterocycles. The molecule has 0 aliphatic carbocycles. The third-order valence-electron chi connectivity index (χ3n) is 5.45. The van der Waals surface area contributed by atoms with Crippen LogP contribution in [0.2, 0.25) is 0 Å². The zero-order valence-corrected chi connectivity index (χ0v) is 18.0. The predicted molar refractivity (Wildman–Crippen MR) is 118 cm³/mol. The molecule has 1 saturated heterocycles.